The highest BCUT2D eigenvalue weighted by Gasteiger charge is 2.49. The molecule has 0 aliphatic carbocycles. The summed E-state index contributed by atoms with van der Waals surface area (Å²) >= 11 is 4.33. The predicted octanol–water partition coefficient (Wildman–Crippen LogP) is -10.9. The van der Waals surface area contributed by atoms with E-state index in [1.54, 1.807) is 0 Å². The molecule has 0 amide bonds. The third kappa shape index (κ3) is 20.8. The van der Waals surface area contributed by atoms with Crippen LogP contribution in [-0.2, 0) is 105 Å². The molecule has 44 heteroatoms. The highest BCUT2D eigenvalue weighted by atomic mass is 32.2. The van der Waals surface area contributed by atoms with E-state index in [0.29, 0.717) is 22.8 Å². The van der Waals surface area contributed by atoms with Gasteiger partial charge in [0.2, 0.25) is 0 Å². The van der Waals surface area contributed by atoms with E-state index >= 15 is 0 Å². The van der Waals surface area contributed by atoms with Crippen LogP contribution in [0.15, 0.2) is 0 Å². The van der Waals surface area contributed by atoms with Crippen LogP contribution < -0.4 is 0 Å². The van der Waals surface area contributed by atoms with Crippen molar-refractivity contribution in [2.45, 2.75) is 203 Å². The van der Waals surface area contributed by atoms with Gasteiger partial charge >= 0.3 is 0 Å². The maximum Gasteiger partial charge on any atom is 0.181 e. The highest BCUT2D eigenvalue weighted by Crippen LogP contribution is 2.34. The first-order chi connectivity index (χ1) is 47.2. The van der Waals surface area contributed by atoms with Crippen molar-refractivity contribution in [1.29, 1.82) is 0 Å². The van der Waals surface area contributed by atoms with Gasteiger partial charge in [0.25, 0.3) is 0 Å². The van der Waals surface area contributed by atoms with Crippen LogP contribution in [0.2, 0.25) is 0 Å². The van der Waals surface area contributed by atoms with Gasteiger partial charge in [-0.2, -0.15) is 0 Å². The van der Waals surface area contributed by atoms with Crippen LogP contribution in [0.3, 0.4) is 0 Å². The second-order valence-electron chi connectivity index (χ2n) is 23.1. The Kier molecular flexibility index (Phi) is 33.3. The molecular formula is C54H91N9O31S4. The van der Waals surface area contributed by atoms with Crippen molar-refractivity contribution in [3.63, 3.8) is 0 Å². The Labute approximate surface area is 576 Å². The molecule has 25 atom stereocenters. The molecule has 562 valence electrons. The Balaban J connectivity index is 0.910. The summed E-state index contributed by atoms with van der Waals surface area (Å²) in [5.41, 5.74) is -2.06. The molecule has 3 aromatic rings. The molecule has 0 saturated carbocycles. The van der Waals surface area contributed by atoms with Crippen LogP contribution in [0, 0.1) is 0 Å². The fourth-order valence-corrected chi connectivity index (χ4v) is 14.9. The van der Waals surface area contributed by atoms with Crippen LogP contribution in [0.25, 0.3) is 0 Å². The Bertz CT molecular complexity index is 2780. The molecule has 5 aliphatic heterocycles. The molecule has 5 fully saturated rings. The van der Waals surface area contributed by atoms with E-state index < -0.39 is 183 Å². The zero-order chi connectivity index (χ0) is 70.7. The van der Waals surface area contributed by atoms with E-state index in [0.717, 1.165) is 51.7 Å². The normalized spacial score (nSPS) is 35.6. The molecule has 0 unspecified atom stereocenters. The molecule has 0 radical (unpaired) electrons. The molecule has 3 aromatic heterocycles. The van der Waals surface area contributed by atoms with Gasteiger partial charge in [-0.1, -0.05) is 15.6 Å². The summed E-state index contributed by atoms with van der Waals surface area (Å²) in [6.07, 6.45) is -30.7. The third-order valence-corrected chi connectivity index (χ3v) is 21.1. The summed E-state index contributed by atoms with van der Waals surface area (Å²) in [4.78, 5) is 0. The average Bonchev–Trinajstić information content (AvgIpc) is 1.55. The first kappa shape index (κ1) is 81.3. The van der Waals surface area contributed by atoms with E-state index in [1.165, 1.54) is 9.36 Å². The smallest absolute Gasteiger partial charge is 0.181 e. The second kappa shape index (κ2) is 40.2. The van der Waals surface area contributed by atoms with Crippen LogP contribution in [0.1, 0.15) is 40.4 Å². The van der Waals surface area contributed by atoms with E-state index in [9.17, 15) is 102 Å². The zero-order valence-corrected chi connectivity index (χ0v) is 56.1. The zero-order valence-electron chi connectivity index (χ0n) is 52.8. The molecule has 20 N–H and O–H groups in total. The fourth-order valence-electron chi connectivity index (χ4n) is 10.8. The molecule has 5 aliphatic rings. The Morgan fingerprint density at radius 3 is 0.898 bits per heavy atom. The maximum atomic E-state index is 11.2. The largest absolute Gasteiger partial charge is 0.394 e. The monoisotopic (exact) mass is 1490 g/mol. The van der Waals surface area contributed by atoms with Crippen molar-refractivity contribution >= 4 is 47.0 Å². The van der Waals surface area contributed by atoms with Gasteiger partial charge in [-0.15, -0.1) is 62.3 Å². The minimum Gasteiger partial charge on any atom is -0.394 e. The fraction of sp³-hybridized carbons (Fsp3) is 0.889. The lowest BCUT2D eigenvalue weighted by atomic mass is 9.98. The number of aliphatic hydroxyl groups is 20. The molecule has 5 saturated heterocycles. The topological polar surface area (TPSA) is 598 Å². The Morgan fingerprint density at radius 1 is 0.296 bits per heavy atom. The van der Waals surface area contributed by atoms with E-state index in [-0.39, 0.29) is 127 Å². The summed E-state index contributed by atoms with van der Waals surface area (Å²) in [5.74, 6) is 0.908. The molecular weight excluding hydrogens is 1400 g/mol. The van der Waals surface area contributed by atoms with Gasteiger partial charge in [0, 0.05) is 23.0 Å². The number of hydrogen-bond acceptors (Lipinski definition) is 41. The molecule has 0 aromatic carbocycles. The van der Waals surface area contributed by atoms with E-state index in [1.807, 2.05) is 0 Å². The van der Waals surface area contributed by atoms with Crippen molar-refractivity contribution in [1.82, 2.24) is 45.0 Å². The van der Waals surface area contributed by atoms with E-state index in [4.69, 9.17) is 52.1 Å². The van der Waals surface area contributed by atoms with Gasteiger partial charge in [0.1, 0.15) is 161 Å². The number of hydrogen-bond donors (Lipinski definition) is 20. The average molecular weight is 1490 g/mol. The van der Waals surface area contributed by atoms with Crippen LogP contribution in [0.4, 0.5) is 0 Å². The third-order valence-electron chi connectivity index (χ3n) is 16.6. The lowest BCUT2D eigenvalue weighted by molar-refractivity contribution is -0.255. The van der Waals surface area contributed by atoms with Gasteiger partial charge in [-0.05, 0) is 0 Å². The van der Waals surface area contributed by atoms with Crippen molar-refractivity contribution in [2.24, 2.45) is 0 Å². The minimum absolute atomic E-state index is 0.0287. The standard InChI is InChI=1S/C54H91N9O31S4/c64-13-30-35(69)40(74)45(79)50(90-30)63-29(23-85-4-2-62-28(22-89-8-12-98-54-49(83)44(78)39(73)34(17-68)94-54)25(56-59-62)19-87-6-10-96-52-47(81)42(76)37(71)32(15-66)92-52)26(57-60-63)20-84-3-1-61-27(21-88-7-11-97-53-48(82)43(77)38(72)33(16-67)93-53)24(55-58-61)18-86-5-9-95-51-46(80)41(75)36(70)31(14-65)91-51/h30-54,64-83H,1-23H2/t30-,31-,32-,33-,34-,35-,36+,37+,38+,39+,40+,41+,42+,43+,44+,45-,46-,47-,48-,49-,50-,51+,52+,53+,54+/m1/s1. The summed E-state index contributed by atoms with van der Waals surface area (Å²) < 4.78 is 68.4. The van der Waals surface area contributed by atoms with Gasteiger partial charge in [0.05, 0.1) is 142 Å². The minimum atomic E-state index is -1.80. The molecule has 40 nitrogen and oxygen atoms in total. The van der Waals surface area contributed by atoms with Crippen molar-refractivity contribution in [2.75, 3.05) is 95.7 Å². The number of aromatic nitrogens is 9. The van der Waals surface area contributed by atoms with Gasteiger partial charge in [-0.3, -0.25) is 0 Å². The second-order valence-corrected chi connectivity index (χ2v) is 28.0. The lowest BCUT2D eigenvalue weighted by Gasteiger charge is -2.40. The SMILES string of the molecule is OC[C@H]1O[C@@H](SCCOCc2nnn(CCOCc3nnn([C@@H]4O[C@H](CO)[C@@H](O)[C@H](O)[C@H]4O)c3COCCn3nnc(COCCS[C@@H]4O[C@H](CO)[C@H](O)[C@H](O)[C@H]4O)c3COCCS[C@@H]3O[C@H](CO)[C@H](O)[C@H](O)[C@H]3O)c2COCCS[C@@H]2O[C@H](CO)[C@H](O)[C@H](O)[C@H]2O)[C@H](O)[C@@H](O)[C@H]1O. The lowest BCUT2D eigenvalue weighted by Crippen LogP contribution is -2.57. The maximum absolute atomic E-state index is 11.2. The van der Waals surface area contributed by atoms with Crippen LogP contribution in [-0.4, -0.2) is 387 Å². The quantitative estimate of drug-likeness (QED) is 0.0235. The number of nitrogens with zero attached hydrogens (tertiary/aromatic N) is 9. The molecule has 98 heavy (non-hydrogen) atoms. The van der Waals surface area contributed by atoms with Gasteiger partial charge in [0.15, 0.2) is 6.23 Å². The van der Waals surface area contributed by atoms with Crippen molar-refractivity contribution in [3.05, 3.63) is 34.2 Å². The van der Waals surface area contributed by atoms with Crippen molar-refractivity contribution in [3.8, 4) is 0 Å². The molecule has 0 bridgehead atoms. The first-order valence-corrected chi connectivity index (χ1v) is 35.6. The summed E-state index contributed by atoms with van der Waals surface area (Å²) in [6, 6.07) is 0. The van der Waals surface area contributed by atoms with Crippen molar-refractivity contribution < 1.29 is 154 Å². The van der Waals surface area contributed by atoms with Crippen LogP contribution >= 0.6 is 47.0 Å². The molecule has 8 heterocycles. The molecule has 0 spiro atoms. The number of ether oxygens (including phenoxy) is 11. The molecule has 8 rings (SSSR count). The number of thioether (sulfide) groups is 4. The number of aliphatic hydroxyl groups excluding tert-OH is 20. The van der Waals surface area contributed by atoms with Crippen LogP contribution in [0.5, 0.6) is 0 Å². The summed E-state index contributed by atoms with van der Waals surface area (Å²) in [5, 5.41) is 231. The van der Waals surface area contributed by atoms with E-state index in [2.05, 4.69) is 30.9 Å². The Morgan fingerprint density at radius 2 is 0.561 bits per heavy atom. The predicted molar refractivity (Wildman–Crippen MR) is 332 cm³/mol. The Hall–Kier alpha value is -2.42. The first-order valence-electron chi connectivity index (χ1n) is 31.4. The number of rotatable bonds is 40. The van der Waals surface area contributed by atoms with Gasteiger partial charge in [-0.25, -0.2) is 14.0 Å². The highest BCUT2D eigenvalue weighted by molar-refractivity contribution is 8.00. The summed E-state index contributed by atoms with van der Waals surface area (Å²) in [7, 11) is 0. The van der Waals surface area contributed by atoms with Gasteiger partial charge < -0.3 is 154 Å². The summed E-state index contributed by atoms with van der Waals surface area (Å²) in [6.45, 7) is -3.84.